The molecule has 0 spiro atoms. The molecule has 0 radical (unpaired) electrons. The van der Waals surface area contributed by atoms with Crippen LogP contribution in [-0.4, -0.2) is 87.5 Å². The standard InChI is InChI=1S/C15H24N2O6S/c1-22-14-4-3-13(9-15(14)23-2)24(20,21)17-7-5-16(6-8-17)10-12(19)11-18/h3-4,9,12,18-19H,5-8,10-11H2,1-2H3/t12-/m1/s1. The average molecular weight is 360 g/mol. The lowest BCUT2D eigenvalue weighted by molar-refractivity contribution is 0.0491. The largest absolute Gasteiger partial charge is 0.493 e. The van der Waals surface area contributed by atoms with E-state index in [1.807, 2.05) is 4.90 Å². The van der Waals surface area contributed by atoms with Crippen LogP contribution in [0.25, 0.3) is 0 Å². The Morgan fingerprint density at radius 2 is 1.75 bits per heavy atom. The van der Waals surface area contributed by atoms with E-state index in [-0.39, 0.29) is 11.5 Å². The molecule has 1 aromatic carbocycles. The number of sulfonamides is 1. The molecule has 1 saturated heterocycles. The smallest absolute Gasteiger partial charge is 0.243 e. The Hall–Kier alpha value is -1.39. The van der Waals surface area contributed by atoms with Gasteiger partial charge in [0.2, 0.25) is 10.0 Å². The lowest BCUT2D eigenvalue weighted by Crippen LogP contribution is -2.50. The highest BCUT2D eigenvalue weighted by molar-refractivity contribution is 7.89. The number of piperazine rings is 1. The Bertz CT molecular complexity index is 643. The third-order valence-corrected chi connectivity index (χ3v) is 5.90. The van der Waals surface area contributed by atoms with E-state index in [1.165, 1.54) is 30.7 Å². The molecule has 24 heavy (non-hydrogen) atoms. The van der Waals surface area contributed by atoms with Gasteiger partial charge < -0.3 is 19.7 Å². The minimum atomic E-state index is -3.62. The first-order chi connectivity index (χ1) is 11.4. The maximum absolute atomic E-state index is 12.8. The molecule has 1 aliphatic heterocycles. The van der Waals surface area contributed by atoms with E-state index in [0.717, 1.165) is 0 Å². The van der Waals surface area contributed by atoms with Crippen molar-refractivity contribution < 1.29 is 28.1 Å². The first-order valence-corrected chi connectivity index (χ1v) is 9.09. The fourth-order valence-corrected chi connectivity index (χ4v) is 4.07. The number of rotatable bonds is 7. The van der Waals surface area contributed by atoms with E-state index in [2.05, 4.69) is 0 Å². The van der Waals surface area contributed by atoms with E-state index in [1.54, 1.807) is 6.07 Å². The molecule has 0 aromatic heterocycles. The van der Waals surface area contributed by atoms with Crippen LogP contribution < -0.4 is 9.47 Å². The summed E-state index contributed by atoms with van der Waals surface area (Å²) in [5.74, 6) is 0.836. The lowest BCUT2D eigenvalue weighted by Gasteiger charge is -2.34. The zero-order chi connectivity index (χ0) is 17.7. The molecule has 136 valence electrons. The molecule has 0 aliphatic carbocycles. The van der Waals surface area contributed by atoms with Crippen molar-refractivity contribution in [2.45, 2.75) is 11.0 Å². The number of aliphatic hydroxyl groups is 2. The molecule has 0 amide bonds. The van der Waals surface area contributed by atoms with Gasteiger partial charge in [0.15, 0.2) is 11.5 Å². The van der Waals surface area contributed by atoms with Crippen LogP contribution >= 0.6 is 0 Å². The second-order valence-corrected chi connectivity index (χ2v) is 7.50. The number of methoxy groups -OCH3 is 2. The van der Waals surface area contributed by atoms with Crippen LogP contribution in [0.3, 0.4) is 0 Å². The molecule has 1 fully saturated rings. The van der Waals surface area contributed by atoms with Gasteiger partial charge >= 0.3 is 0 Å². The first kappa shape index (κ1) is 18.9. The molecule has 1 aliphatic rings. The Kier molecular flexibility index (Phi) is 6.41. The first-order valence-electron chi connectivity index (χ1n) is 7.65. The Balaban J connectivity index is 2.09. The van der Waals surface area contributed by atoms with Crippen molar-refractivity contribution in [1.82, 2.24) is 9.21 Å². The number of ether oxygens (including phenoxy) is 2. The molecule has 0 saturated carbocycles. The van der Waals surface area contributed by atoms with Crippen molar-refractivity contribution in [2.75, 3.05) is 53.6 Å². The summed E-state index contributed by atoms with van der Waals surface area (Å²) in [5.41, 5.74) is 0. The zero-order valence-electron chi connectivity index (χ0n) is 13.9. The summed E-state index contributed by atoms with van der Waals surface area (Å²) in [6.45, 7) is 1.70. The van der Waals surface area contributed by atoms with E-state index in [0.29, 0.717) is 44.2 Å². The SMILES string of the molecule is COc1ccc(S(=O)(=O)N2CCN(C[C@@H](O)CO)CC2)cc1OC. The molecule has 2 rings (SSSR count). The fourth-order valence-electron chi connectivity index (χ4n) is 2.63. The van der Waals surface area contributed by atoms with Gasteiger partial charge in [0.05, 0.1) is 31.8 Å². The predicted octanol–water partition coefficient (Wildman–Crippen LogP) is -0.637. The average Bonchev–Trinajstić information content (AvgIpc) is 2.61. The topological polar surface area (TPSA) is 99.5 Å². The molecule has 0 bridgehead atoms. The monoisotopic (exact) mass is 360 g/mol. The zero-order valence-corrected chi connectivity index (χ0v) is 14.7. The minimum Gasteiger partial charge on any atom is -0.493 e. The summed E-state index contributed by atoms with van der Waals surface area (Å²) in [4.78, 5) is 2.09. The maximum Gasteiger partial charge on any atom is 0.243 e. The van der Waals surface area contributed by atoms with Gasteiger partial charge in [0, 0.05) is 38.8 Å². The summed E-state index contributed by atoms with van der Waals surface area (Å²) in [7, 11) is -0.668. The highest BCUT2D eigenvalue weighted by Gasteiger charge is 2.29. The third kappa shape index (κ3) is 4.17. The molecule has 1 heterocycles. The van der Waals surface area contributed by atoms with Crippen LogP contribution in [0.2, 0.25) is 0 Å². The summed E-state index contributed by atoms with van der Waals surface area (Å²) >= 11 is 0. The molecule has 0 unspecified atom stereocenters. The quantitative estimate of drug-likeness (QED) is 0.667. The Morgan fingerprint density at radius 1 is 1.12 bits per heavy atom. The lowest BCUT2D eigenvalue weighted by atomic mass is 10.3. The van der Waals surface area contributed by atoms with Gasteiger partial charge in [0.25, 0.3) is 0 Å². The van der Waals surface area contributed by atoms with Crippen LogP contribution in [0.15, 0.2) is 23.1 Å². The molecule has 1 aromatic rings. The normalized spacial score (nSPS) is 18.3. The number of benzene rings is 1. The van der Waals surface area contributed by atoms with Crippen molar-refractivity contribution in [3.8, 4) is 11.5 Å². The molecule has 1 atom stereocenters. The molecule has 9 heteroatoms. The number of hydrogen-bond acceptors (Lipinski definition) is 7. The van der Waals surface area contributed by atoms with Gasteiger partial charge in [-0.1, -0.05) is 0 Å². The van der Waals surface area contributed by atoms with Crippen LogP contribution in [0.1, 0.15) is 0 Å². The van der Waals surface area contributed by atoms with E-state index >= 15 is 0 Å². The van der Waals surface area contributed by atoms with Gasteiger partial charge in [-0.3, -0.25) is 4.90 Å². The molecule has 8 nitrogen and oxygen atoms in total. The van der Waals surface area contributed by atoms with Crippen molar-refractivity contribution in [3.63, 3.8) is 0 Å². The predicted molar refractivity (Wildman–Crippen MR) is 87.8 cm³/mol. The van der Waals surface area contributed by atoms with Crippen LogP contribution in [0.5, 0.6) is 11.5 Å². The Morgan fingerprint density at radius 3 is 2.29 bits per heavy atom. The van der Waals surface area contributed by atoms with Gasteiger partial charge in [-0.05, 0) is 12.1 Å². The van der Waals surface area contributed by atoms with Crippen molar-refractivity contribution in [3.05, 3.63) is 18.2 Å². The van der Waals surface area contributed by atoms with Crippen molar-refractivity contribution >= 4 is 10.0 Å². The van der Waals surface area contributed by atoms with Gasteiger partial charge in [0.1, 0.15) is 0 Å². The van der Waals surface area contributed by atoms with E-state index < -0.39 is 16.1 Å². The summed E-state index contributed by atoms with van der Waals surface area (Å²) in [5, 5.41) is 18.4. The number of aliphatic hydroxyl groups excluding tert-OH is 2. The third-order valence-electron chi connectivity index (χ3n) is 4.00. The van der Waals surface area contributed by atoms with E-state index in [9.17, 15) is 13.5 Å². The Labute approximate surface area is 142 Å². The molecule has 2 N–H and O–H groups in total. The molecular formula is C15H24N2O6S. The second-order valence-electron chi connectivity index (χ2n) is 5.56. The summed E-state index contributed by atoms with van der Waals surface area (Å²) in [6, 6.07) is 4.52. The fraction of sp³-hybridized carbons (Fsp3) is 0.600. The number of hydrogen-bond donors (Lipinski definition) is 2. The van der Waals surface area contributed by atoms with Gasteiger partial charge in [-0.2, -0.15) is 4.31 Å². The van der Waals surface area contributed by atoms with Crippen molar-refractivity contribution in [1.29, 1.82) is 0 Å². The maximum atomic E-state index is 12.8. The summed E-state index contributed by atoms with van der Waals surface area (Å²) in [6.07, 6.45) is -0.806. The number of β-amino-alcohol motifs (C(OH)–C–C–N with tert-alkyl or cyclic N) is 1. The van der Waals surface area contributed by atoms with Crippen molar-refractivity contribution in [2.24, 2.45) is 0 Å². The summed E-state index contributed by atoms with van der Waals surface area (Å²) < 4.78 is 37.2. The minimum absolute atomic E-state index is 0.156. The molecular weight excluding hydrogens is 336 g/mol. The highest BCUT2D eigenvalue weighted by Crippen LogP contribution is 2.30. The van der Waals surface area contributed by atoms with Gasteiger partial charge in [-0.25, -0.2) is 8.42 Å². The van der Waals surface area contributed by atoms with Crippen LogP contribution in [0.4, 0.5) is 0 Å². The van der Waals surface area contributed by atoms with Crippen LogP contribution in [-0.2, 0) is 10.0 Å². The highest BCUT2D eigenvalue weighted by atomic mass is 32.2. The number of nitrogens with zero attached hydrogens (tertiary/aromatic N) is 2. The van der Waals surface area contributed by atoms with Gasteiger partial charge in [-0.15, -0.1) is 0 Å². The van der Waals surface area contributed by atoms with Crippen LogP contribution in [0, 0.1) is 0 Å². The second kappa shape index (κ2) is 8.13. The van der Waals surface area contributed by atoms with E-state index in [4.69, 9.17) is 14.6 Å².